The topological polar surface area (TPSA) is 77.1 Å². The minimum atomic E-state index is -0.0828. The van der Waals surface area contributed by atoms with E-state index in [9.17, 15) is 9.59 Å². The molecule has 1 heterocycles. The van der Waals surface area contributed by atoms with Crippen LogP contribution in [0.1, 0.15) is 12.1 Å². The van der Waals surface area contributed by atoms with E-state index in [0.717, 1.165) is 5.69 Å². The zero-order chi connectivity index (χ0) is 12.0. The number of aryl methyl sites for hydroxylation is 1. The fraction of sp³-hybridized carbons (Fsp3) is 0.455. The van der Waals surface area contributed by atoms with Crippen LogP contribution in [0, 0.1) is 6.92 Å². The first-order valence-electron chi connectivity index (χ1n) is 5.28. The number of nitrogens with zero attached hydrogens (tertiary/aromatic N) is 1. The van der Waals surface area contributed by atoms with Gasteiger partial charge in [0.1, 0.15) is 0 Å². The van der Waals surface area contributed by atoms with E-state index in [-0.39, 0.29) is 11.5 Å². The fourth-order valence-electron chi connectivity index (χ4n) is 1.42. The standard InChI is InChI=1S/C11H17N3O2/c1-9-3-2-4-11(16)14(9)8-5-10(15)13-7-6-12/h2-4H,5-8,12H2,1H3,(H,13,15). The van der Waals surface area contributed by atoms with Gasteiger partial charge in [-0.1, -0.05) is 6.07 Å². The highest BCUT2D eigenvalue weighted by Crippen LogP contribution is 1.95. The molecule has 0 spiro atoms. The Hall–Kier alpha value is -1.62. The fourth-order valence-corrected chi connectivity index (χ4v) is 1.42. The molecule has 0 bridgehead atoms. The third kappa shape index (κ3) is 3.51. The predicted molar refractivity (Wildman–Crippen MR) is 62.1 cm³/mol. The van der Waals surface area contributed by atoms with E-state index in [0.29, 0.717) is 26.1 Å². The summed E-state index contributed by atoms with van der Waals surface area (Å²) in [6, 6.07) is 5.05. The molecule has 0 atom stereocenters. The highest BCUT2D eigenvalue weighted by molar-refractivity contribution is 5.75. The van der Waals surface area contributed by atoms with E-state index >= 15 is 0 Å². The van der Waals surface area contributed by atoms with Crippen molar-refractivity contribution in [1.29, 1.82) is 0 Å². The molecule has 1 rings (SSSR count). The van der Waals surface area contributed by atoms with Crippen LogP contribution in [0.2, 0.25) is 0 Å². The highest BCUT2D eigenvalue weighted by Gasteiger charge is 2.03. The minimum Gasteiger partial charge on any atom is -0.355 e. The number of aromatic nitrogens is 1. The SMILES string of the molecule is Cc1cccc(=O)n1CCC(=O)NCCN. The van der Waals surface area contributed by atoms with Crippen molar-refractivity contribution in [1.82, 2.24) is 9.88 Å². The molecule has 3 N–H and O–H groups in total. The predicted octanol–water partition coefficient (Wildman–Crippen LogP) is -0.378. The van der Waals surface area contributed by atoms with Gasteiger partial charge in [-0.2, -0.15) is 0 Å². The van der Waals surface area contributed by atoms with E-state index in [2.05, 4.69) is 5.32 Å². The van der Waals surface area contributed by atoms with Crippen LogP contribution in [-0.2, 0) is 11.3 Å². The molecule has 16 heavy (non-hydrogen) atoms. The summed E-state index contributed by atoms with van der Waals surface area (Å²) in [6.07, 6.45) is 0.296. The zero-order valence-corrected chi connectivity index (χ0v) is 9.40. The van der Waals surface area contributed by atoms with Crippen LogP contribution < -0.4 is 16.6 Å². The number of amides is 1. The average molecular weight is 223 g/mol. The summed E-state index contributed by atoms with van der Waals surface area (Å²) in [5.41, 5.74) is 6.05. The first-order chi connectivity index (χ1) is 7.65. The van der Waals surface area contributed by atoms with Crippen LogP contribution in [0.25, 0.3) is 0 Å². The number of rotatable bonds is 5. The lowest BCUT2D eigenvalue weighted by atomic mass is 10.3. The Balaban J connectivity index is 2.55. The number of nitrogens with one attached hydrogen (secondary N) is 1. The summed E-state index contributed by atoms with van der Waals surface area (Å²) in [5, 5.41) is 2.66. The average Bonchev–Trinajstić information content (AvgIpc) is 2.25. The molecule has 0 aromatic carbocycles. The third-order valence-corrected chi connectivity index (χ3v) is 2.30. The van der Waals surface area contributed by atoms with Gasteiger partial charge in [0.05, 0.1) is 0 Å². The lowest BCUT2D eigenvalue weighted by Crippen LogP contribution is -2.31. The molecule has 88 valence electrons. The highest BCUT2D eigenvalue weighted by atomic mass is 16.1. The Kier molecular flexibility index (Phi) is 4.72. The first kappa shape index (κ1) is 12.4. The molecule has 0 aliphatic carbocycles. The second-order valence-corrected chi connectivity index (χ2v) is 3.55. The number of carbonyl (C=O) groups is 1. The van der Waals surface area contributed by atoms with Gasteiger partial charge >= 0.3 is 0 Å². The third-order valence-electron chi connectivity index (χ3n) is 2.30. The zero-order valence-electron chi connectivity index (χ0n) is 9.40. The smallest absolute Gasteiger partial charge is 0.250 e. The number of nitrogens with two attached hydrogens (primary N) is 1. The second-order valence-electron chi connectivity index (χ2n) is 3.55. The number of hydrogen-bond acceptors (Lipinski definition) is 3. The van der Waals surface area contributed by atoms with Gasteiger partial charge < -0.3 is 15.6 Å². The molecule has 5 nitrogen and oxygen atoms in total. The Labute approximate surface area is 94.3 Å². The lowest BCUT2D eigenvalue weighted by molar-refractivity contribution is -0.121. The van der Waals surface area contributed by atoms with Gasteiger partial charge in [-0.15, -0.1) is 0 Å². The summed E-state index contributed by atoms with van der Waals surface area (Å²) in [4.78, 5) is 22.8. The van der Waals surface area contributed by atoms with Gasteiger partial charge in [0, 0.05) is 37.8 Å². The Bertz CT molecular complexity index is 412. The molecule has 0 unspecified atom stereocenters. The Morgan fingerprint density at radius 3 is 2.88 bits per heavy atom. The largest absolute Gasteiger partial charge is 0.355 e. The Morgan fingerprint density at radius 1 is 1.50 bits per heavy atom. The lowest BCUT2D eigenvalue weighted by Gasteiger charge is -2.09. The van der Waals surface area contributed by atoms with Crippen LogP contribution in [0.15, 0.2) is 23.0 Å². The van der Waals surface area contributed by atoms with Crippen LogP contribution in [0.4, 0.5) is 0 Å². The molecular formula is C11H17N3O2. The van der Waals surface area contributed by atoms with Crippen LogP contribution in [0.3, 0.4) is 0 Å². The molecule has 0 saturated heterocycles. The summed E-state index contributed by atoms with van der Waals surface area (Å²) in [6.45, 7) is 3.15. The summed E-state index contributed by atoms with van der Waals surface area (Å²) in [5.74, 6) is -0.0828. The van der Waals surface area contributed by atoms with E-state index in [1.165, 1.54) is 6.07 Å². The van der Waals surface area contributed by atoms with Crippen molar-refractivity contribution in [2.24, 2.45) is 5.73 Å². The summed E-state index contributed by atoms with van der Waals surface area (Å²) < 4.78 is 1.59. The maximum atomic E-state index is 11.5. The maximum Gasteiger partial charge on any atom is 0.250 e. The van der Waals surface area contributed by atoms with Gasteiger partial charge in [0.2, 0.25) is 5.91 Å². The summed E-state index contributed by atoms with van der Waals surface area (Å²) in [7, 11) is 0. The summed E-state index contributed by atoms with van der Waals surface area (Å²) >= 11 is 0. The molecule has 1 aromatic rings. The molecule has 0 fully saturated rings. The van der Waals surface area contributed by atoms with Gasteiger partial charge in [-0.05, 0) is 13.0 Å². The maximum absolute atomic E-state index is 11.5. The van der Waals surface area contributed by atoms with Gasteiger partial charge in [-0.3, -0.25) is 9.59 Å². The quantitative estimate of drug-likeness (QED) is 0.714. The van der Waals surface area contributed by atoms with E-state index < -0.39 is 0 Å². The molecule has 0 aliphatic rings. The van der Waals surface area contributed by atoms with Crippen molar-refractivity contribution in [2.75, 3.05) is 13.1 Å². The van der Waals surface area contributed by atoms with Gasteiger partial charge in [0.15, 0.2) is 0 Å². The first-order valence-corrected chi connectivity index (χ1v) is 5.28. The molecule has 0 radical (unpaired) electrons. The van der Waals surface area contributed by atoms with Crippen molar-refractivity contribution in [3.05, 3.63) is 34.2 Å². The van der Waals surface area contributed by atoms with Crippen LogP contribution in [0.5, 0.6) is 0 Å². The minimum absolute atomic E-state index is 0.0772. The van der Waals surface area contributed by atoms with Crippen molar-refractivity contribution >= 4 is 5.91 Å². The van der Waals surface area contributed by atoms with E-state index in [1.807, 2.05) is 13.0 Å². The second kappa shape index (κ2) is 6.07. The van der Waals surface area contributed by atoms with Crippen LogP contribution >= 0.6 is 0 Å². The van der Waals surface area contributed by atoms with Crippen molar-refractivity contribution < 1.29 is 4.79 Å². The molecule has 1 amide bonds. The molecule has 5 heteroatoms. The van der Waals surface area contributed by atoms with Gasteiger partial charge in [0.25, 0.3) is 5.56 Å². The van der Waals surface area contributed by atoms with E-state index in [1.54, 1.807) is 10.6 Å². The van der Waals surface area contributed by atoms with Gasteiger partial charge in [-0.25, -0.2) is 0 Å². The monoisotopic (exact) mass is 223 g/mol. The van der Waals surface area contributed by atoms with Crippen molar-refractivity contribution in [3.8, 4) is 0 Å². The number of pyridine rings is 1. The van der Waals surface area contributed by atoms with Crippen LogP contribution in [-0.4, -0.2) is 23.6 Å². The molecule has 0 aliphatic heterocycles. The molecular weight excluding hydrogens is 206 g/mol. The number of carbonyl (C=O) groups excluding carboxylic acids is 1. The van der Waals surface area contributed by atoms with E-state index in [4.69, 9.17) is 5.73 Å². The van der Waals surface area contributed by atoms with Crippen molar-refractivity contribution in [2.45, 2.75) is 19.9 Å². The molecule has 1 aromatic heterocycles. The number of hydrogen-bond donors (Lipinski definition) is 2. The Morgan fingerprint density at radius 2 is 2.25 bits per heavy atom. The molecule has 0 saturated carbocycles. The van der Waals surface area contributed by atoms with Crippen molar-refractivity contribution in [3.63, 3.8) is 0 Å². The normalized spacial score (nSPS) is 10.1.